The van der Waals surface area contributed by atoms with E-state index in [4.69, 9.17) is 0 Å². The van der Waals surface area contributed by atoms with Gasteiger partial charge in [0.1, 0.15) is 0 Å². The molecule has 0 saturated carbocycles. The van der Waals surface area contributed by atoms with Crippen LogP contribution in [0.25, 0.3) is 11.4 Å². The highest BCUT2D eigenvalue weighted by molar-refractivity contribution is 5.94. The van der Waals surface area contributed by atoms with E-state index >= 15 is 0 Å². The van der Waals surface area contributed by atoms with Gasteiger partial charge in [0.15, 0.2) is 5.82 Å². The summed E-state index contributed by atoms with van der Waals surface area (Å²) in [7, 11) is 3.88. The maximum atomic E-state index is 12.3. The number of benzene rings is 1. The van der Waals surface area contributed by atoms with E-state index in [1.807, 2.05) is 60.9 Å². The molecule has 0 aliphatic carbocycles. The molecule has 0 aliphatic rings. The van der Waals surface area contributed by atoms with Gasteiger partial charge in [-0.25, -0.2) is 4.68 Å². The van der Waals surface area contributed by atoms with Crippen LogP contribution in [-0.2, 0) is 13.1 Å². The van der Waals surface area contributed by atoms with E-state index in [0.717, 1.165) is 23.8 Å². The first kappa shape index (κ1) is 17.6. The van der Waals surface area contributed by atoms with Gasteiger partial charge in [-0.05, 0) is 31.2 Å². The molecule has 134 valence electrons. The van der Waals surface area contributed by atoms with Crippen LogP contribution in [0.3, 0.4) is 0 Å². The molecule has 2 aromatic heterocycles. The van der Waals surface area contributed by atoms with Crippen LogP contribution in [0.2, 0.25) is 0 Å². The lowest BCUT2D eigenvalue weighted by atomic mass is 10.1. The highest BCUT2D eigenvalue weighted by Crippen LogP contribution is 2.19. The zero-order chi connectivity index (χ0) is 18.5. The Morgan fingerprint density at radius 1 is 1.15 bits per heavy atom. The standard InChI is InChI=1S/C19H22N6O/c1-4-25-19(24(2)3)22-17(23-25)14-8-10-15(11-9-14)18(26)21-13-16-7-5-6-12-20-16/h5-12H,4,13H2,1-3H3,(H,21,26). The number of carbonyl (C=O) groups excluding carboxylic acids is 1. The van der Waals surface area contributed by atoms with E-state index in [1.165, 1.54) is 0 Å². The molecule has 1 amide bonds. The third-order valence-electron chi connectivity index (χ3n) is 3.91. The second-order valence-corrected chi connectivity index (χ2v) is 6.03. The van der Waals surface area contributed by atoms with Crippen molar-refractivity contribution in [3.8, 4) is 11.4 Å². The molecule has 1 aromatic carbocycles. The molecular weight excluding hydrogens is 328 g/mol. The molecule has 0 atom stereocenters. The predicted molar refractivity (Wildman–Crippen MR) is 101 cm³/mol. The van der Waals surface area contributed by atoms with Gasteiger partial charge < -0.3 is 10.2 Å². The molecule has 26 heavy (non-hydrogen) atoms. The first-order valence-corrected chi connectivity index (χ1v) is 8.49. The van der Waals surface area contributed by atoms with Crippen LogP contribution in [0.1, 0.15) is 23.0 Å². The second-order valence-electron chi connectivity index (χ2n) is 6.03. The Kier molecular flexibility index (Phi) is 5.26. The van der Waals surface area contributed by atoms with E-state index in [0.29, 0.717) is 17.9 Å². The van der Waals surface area contributed by atoms with Crippen molar-refractivity contribution in [1.82, 2.24) is 25.1 Å². The third kappa shape index (κ3) is 3.88. The number of hydrogen-bond acceptors (Lipinski definition) is 5. The number of aryl methyl sites for hydroxylation is 1. The molecule has 3 rings (SSSR count). The summed E-state index contributed by atoms with van der Waals surface area (Å²) >= 11 is 0. The molecule has 0 unspecified atom stereocenters. The summed E-state index contributed by atoms with van der Waals surface area (Å²) in [6.45, 7) is 3.17. The van der Waals surface area contributed by atoms with Crippen LogP contribution in [0.5, 0.6) is 0 Å². The summed E-state index contributed by atoms with van der Waals surface area (Å²) in [5.41, 5.74) is 2.29. The van der Waals surface area contributed by atoms with Gasteiger partial charge >= 0.3 is 0 Å². The van der Waals surface area contributed by atoms with Crippen molar-refractivity contribution >= 4 is 11.9 Å². The van der Waals surface area contributed by atoms with Crippen molar-refractivity contribution in [1.29, 1.82) is 0 Å². The summed E-state index contributed by atoms with van der Waals surface area (Å²) in [4.78, 5) is 23.0. The van der Waals surface area contributed by atoms with Gasteiger partial charge in [0, 0.05) is 38.0 Å². The van der Waals surface area contributed by atoms with Gasteiger partial charge in [-0.1, -0.05) is 18.2 Å². The van der Waals surface area contributed by atoms with Crippen molar-refractivity contribution < 1.29 is 4.79 Å². The summed E-state index contributed by atoms with van der Waals surface area (Å²) in [6, 6.07) is 12.9. The molecule has 7 nitrogen and oxygen atoms in total. The third-order valence-corrected chi connectivity index (χ3v) is 3.91. The number of anilines is 1. The number of rotatable bonds is 6. The lowest BCUT2D eigenvalue weighted by molar-refractivity contribution is 0.0950. The number of pyridine rings is 1. The van der Waals surface area contributed by atoms with Gasteiger partial charge in [-0.3, -0.25) is 9.78 Å². The molecule has 7 heteroatoms. The minimum absolute atomic E-state index is 0.136. The van der Waals surface area contributed by atoms with E-state index in [1.54, 1.807) is 18.3 Å². The lowest BCUT2D eigenvalue weighted by Gasteiger charge is -2.10. The second kappa shape index (κ2) is 7.77. The maximum Gasteiger partial charge on any atom is 0.251 e. The molecule has 0 spiro atoms. The van der Waals surface area contributed by atoms with Gasteiger partial charge in [0.2, 0.25) is 5.95 Å². The van der Waals surface area contributed by atoms with Crippen molar-refractivity contribution in [3.05, 3.63) is 59.9 Å². The van der Waals surface area contributed by atoms with Gasteiger partial charge in [-0.15, -0.1) is 5.10 Å². The molecule has 1 N–H and O–H groups in total. The van der Waals surface area contributed by atoms with Gasteiger partial charge in [0.25, 0.3) is 5.91 Å². The molecular formula is C19H22N6O. The summed E-state index contributed by atoms with van der Waals surface area (Å²) in [5.74, 6) is 1.32. The topological polar surface area (TPSA) is 75.9 Å². The normalized spacial score (nSPS) is 10.6. The quantitative estimate of drug-likeness (QED) is 0.738. The van der Waals surface area contributed by atoms with Crippen molar-refractivity contribution in [2.45, 2.75) is 20.0 Å². The van der Waals surface area contributed by atoms with Crippen LogP contribution >= 0.6 is 0 Å². The summed E-state index contributed by atoms with van der Waals surface area (Å²) < 4.78 is 1.85. The minimum atomic E-state index is -0.136. The monoisotopic (exact) mass is 350 g/mol. The van der Waals surface area contributed by atoms with Crippen LogP contribution in [0.15, 0.2) is 48.7 Å². The van der Waals surface area contributed by atoms with Crippen LogP contribution in [-0.4, -0.2) is 39.8 Å². The number of aromatic nitrogens is 4. The fourth-order valence-corrected chi connectivity index (χ4v) is 2.55. The molecule has 0 aliphatic heterocycles. The molecule has 0 bridgehead atoms. The summed E-state index contributed by atoms with van der Waals surface area (Å²) in [5, 5.41) is 7.39. The fraction of sp³-hybridized carbons (Fsp3) is 0.263. The molecule has 0 radical (unpaired) electrons. The zero-order valence-corrected chi connectivity index (χ0v) is 15.2. The Hall–Kier alpha value is -3.22. The Morgan fingerprint density at radius 3 is 2.50 bits per heavy atom. The van der Waals surface area contributed by atoms with Crippen LogP contribution in [0, 0.1) is 0 Å². The Balaban J connectivity index is 1.71. The van der Waals surface area contributed by atoms with Crippen LogP contribution in [0.4, 0.5) is 5.95 Å². The first-order valence-electron chi connectivity index (χ1n) is 8.49. The van der Waals surface area contributed by atoms with E-state index in [-0.39, 0.29) is 5.91 Å². The Bertz CT molecular complexity index is 871. The highest BCUT2D eigenvalue weighted by atomic mass is 16.1. The van der Waals surface area contributed by atoms with Crippen molar-refractivity contribution in [2.75, 3.05) is 19.0 Å². The molecule has 0 fully saturated rings. The minimum Gasteiger partial charge on any atom is -0.347 e. The lowest BCUT2D eigenvalue weighted by Crippen LogP contribution is -2.23. The Morgan fingerprint density at radius 2 is 1.92 bits per heavy atom. The highest BCUT2D eigenvalue weighted by Gasteiger charge is 2.13. The van der Waals surface area contributed by atoms with Crippen molar-refractivity contribution in [2.24, 2.45) is 0 Å². The maximum absolute atomic E-state index is 12.3. The number of nitrogens with one attached hydrogen (secondary N) is 1. The van der Waals surface area contributed by atoms with Gasteiger partial charge in [0.05, 0.1) is 12.2 Å². The number of hydrogen-bond donors (Lipinski definition) is 1. The number of amides is 1. The predicted octanol–water partition coefficient (Wildman–Crippen LogP) is 2.36. The van der Waals surface area contributed by atoms with E-state index in [2.05, 4.69) is 20.4 Å². The summed E-state index contributed by atoms with van der Waals surface area (Å²) in [6.07, 6.45) is 1.71. The van der Waals surface area contributed by atoms with E-state index in [9.17, 15) is 4.79 Å². The number of nitrogens with zero attached hydrogens (tertiary/aromatic N) is 5. The van der Waals surface area contributed by atoms with Gasteiger partial charge in [-0.2, -0.15) is 4.98 Å². The van der Waals surface area contributed by atoms with Crippen molar-refractivity contribution in [3.63, 3.8) is 0 Å². The fourth-order valence-electron chi connectivity index (χ4n) is 2.55. The number of carbonyl (C=O) groups is 1. The largest absolute Gasteiger partial charge is 0.347 e. The van der Waals surface area contributed by atoms with E-state index < -0.39 is 0 Å². The average Bonchev–Trinajstić information content (AvgIpc) is 3.12. The SMILES string of the molecule is CCn1nc(-c2ccc(C(=O)NCc3ccccn3)cc2)nc1N(C)C. The Labute approximate surface area is 152 Å². The first-order chi connectivity index (χ1) is 12.6. The molecule has 0 saturated heterocycles. The molecule has 2 heterocycles. The smallest absolute Gasteiger partial charge is 0.251 e. The zero-order valence-electron chi connectivity index (χ0n) is 15.2. The van der Waals surface area contributed by atoms with Crippen LogP contribution < -0.4 is 10.2 Å². The molecule has 3 aromatic rings. The average molecular weight is 350 g/mol.